The van der Waals surface area contributed by atoms with Gasteiger partial charge in [0.05, 0.1) is 7.11 Å². The monoisotopic (exact) mass is 301 g/mol. The van der Waals surface area contributed by atoms with Crippen molar-refractivity contribution in [3.63, 3.8) is 0 Å². The fourth-order valence-electron chi connectivity index (χ4n) is 2.03. The van der Waals surface area contributed by atoms with Gasteiger partial charge < -0.3 is 10.1 Å². The van der Waals surface area contributed by atoms with E-state index in [-0.39, 0.29) is 5.56 Å². The molecule has 1 N–H and O–H groups in total. The van der Waals surface area contributed by atoms with Crippen molar-refractivity contribution in [3.05, 3.63) is 71.5 Å². The van der Waals surface area contributed by atoms with Gasteiger partial charge in [-0.2, -0.15) is 0 Å². The van der Waals surface area contributed by atoms with Crippen LogP contribution < -0.4 is 5.32 Å². The van der Waals surface area contributed by atoms with Gasteiger partial charge in [0.1, 0.15) is 11.9 Å². The molecule has 0 bridgehead atoms. The number of hydrogen-bond acceptors (Lipinski definition) is 3. The number of amides is 1. The van der Waals surface area contributed by atoms with Crippen LogP contribution in [0.1, 0.15) is 15.9 Å². The summed E-state index contributed by atoms with van der Waals surface area (Å²) < 4.78 is 17.6. The number of halogens is 1. The van der Waals surface area contributed by atoms with E-state index in [2.05, 4.69) is 5.32 Å². The summed E-state index contributed by atoms with van der Waals surface area (Å²) in [6.07, 6.45) is 0.320. The summed E-state index contributed by atoms with van der Waals surface area (Å²) in [6.45, 7) is 0. The van der Waals surface area contributed by atoms with Gasteiger partial charge >= 0.3 is 5.97 Å². The second kappa shape index (κ2) is 7.36. The molecule has 0 saturated heterocycles. The molecule has 22 heavy (non-hydrogen) atoms. The van der Waals surface area contributed by atoms with E-state index < -0.39 is 23.7 Å². The molecule has 4 nitrogen and oxygen atoms in total. The van der Waals surface area contributed by atoms with Gasteiger partial charge in [0.25, 0.3) is 5.91 Å². The Morgan fingerprint density at radius 2 is 1.73 bits per heavy atom. The minimum absolute atomic E-state index is 0.281. The first-order chi connectivity index (χ1) is 10.6. The third-order valence-corrected chi connectivity index (χ3v) is 3.18. The minimum Gasteiger partial charge on any atom is -0.467 e. The maximum Gasteiger partial charge on any atom is 0.328 e. The van der Waals surface area contributed by atoms with E-state index in [0.29, 0.717) is 6.42 Å². The van der Waals surface area contributed by atoms with Gasteiger partial charge in [-0.15, -0.1) is 0 Å². The van der Waals surface area contributed by atoms with E-state index in [0.717, 1.165) is 5.56 Å². The van der Waals surface area contributed by atoms with Crippen molar-refractivity contribution in [2.45, 2.75) is 12.5 Å². The largest absolute Gasteiger partial charge is 0.467 e. The van der Waals surface area contributed by atoms with Gasteiger partial charge in [-0.25, -0.2) is 9.18 Å². The molecule has 0 spiro atoms. The summed E-state index contributed by atoms with van der Waals surface area (Å²) in [4.78, 5) is 24.0. The molecule has 5 heteroatoms. The summed E-state index contributed by atoms with van der Waals surface area (Å²) in [5, 5.41) is 2.62. The third kappa shape index (κ3) is 4.15. The second-order valence-electron chi connectivity index (χ2n) is 4.75. The SMILES string of the molecule is COC(=O)[C@@H](Cc1ccccc1)NC(=O)c1ccc(F)cc1. The molecule has 114 valence electrons. The maximum absolute atomic E-state index is 12.9. The topological polar surface area (TPSA) is 55.4 Å². The average molecular weight is 301 g/mol. The Morgan fingerprint density at radius 3 is 2.32 bits per heavy atom. The van der Waals surface area contributed by atoms with Gasteiger partial charge in [0, 0.05) is 12.0 Å². The van der Waals surface area contributed by atoms with E-state index in [9.17, 15) is 14.0 Å². The molecule has 0 saturated carbocycles. The lowest BCUT2D eigenvalue weighted by molar-refractivity contribution is -0.142. The van der Waals surface area contributed by atoms with Gasteiger partial charge in [-0.3, -0.25) is 4.79 Å². The second-order valence-corrected chi connectivity index (χ2v) is 4.75. The van der Waals surface area contributed by atoms with Gasteiger partial charge in [0.15, 0.2) is 0 Å². The third-order valence-electron chi connectivity index (χ3n) is 3.18. The highest BCUT2D eigenvalue weighted by Crippen LogP contribution is 2.07. The van der Waals surface area contributed by atoms with Crippen molar-refractivity contribution < 1.29 is 18.7 Å². The lowest BCUT2D eigenvalue weighted by Crippen LogP contribution is -2.43. The predicted octanol–water partition coefficient (Wildman–Crippen LogP) is 2.34. The summed E-state index contributed by atoms with van der Waals surface area (Å²) in [5.74, 6) is -1.41. The predicted molar refractivity (Wildman–Crippen MR) is 79.8 cm³/mol. The average Bonchev–Trinajstić information content (AvgIpc) is 2.55. The lowest BCUT2D eigenvalue weighted by atomic mass is 10.1. The van der Waals surface area contributed by atoms with Crippen molar-refractivity contribution >= 4 is 11.9 Å². The smallest absolute Gasteiger partial charge is 0.328 e. The number of ether oxygens (including phenoxy) is 1. The van der Waals surface area contributed by atoms with Crippen LogP contribution in [-0.2, 0) is 16.0 Å². The van der Waals surface area contributed by atoms with Crippen LogP contribution in [0.5, 0.6) is 0 Å². The van der Waals surface area contributed by atoms with E-state index >= 15 is 0 Å². The van der Waals surface area contributed by atoms with Crippen LogP contribution in [0, 0.1) is 5.82 Å². The molecule has 2 aromatic rings. The zero-order valence-corrected chi connectivity index (χ0v) is 12.1. The van der Waals surface area contributed by atoms with Gasteiger partial charge in [-0.05, 0) is 29.8 Å². The van der Waals surface area contributed by atoms with Gasteiger partial charge in [-0.1, -0.05) is 30.3 Å². The first-order valence-electron chi connectivity index (χ1n) is 6.78. The summed E-state index contributed by atoms with van der Waals surface area (Å²) in [5.41, 5.74) is 1.18. The Hall–Kier alpha value is -2.69. The molecule has 0 radical (unpaired) electrons. The zero-order valence-electron chi connectivity index (χ0n) is 12.1. The first kappa shape index (κ1) is 15.7. The summed E-state index contributed by atoms with van der Waals surface area (Å²) in [7, 11) is 1.27. The van der Waals surface area contributed by atoms with Crippen LogP contribution >= 0.6 is 0 Å². The lowest BCUT2D eigenvalue weighted by Gasteiger charge is -2.16. The highest BCUT2D eigenvalue weighted by Gasteiger charge is 2.22. The van der Waals surface area contributed by atoms with Crippen molar-refractivity contribution in [2.75, 3.05) is 7.11 Å². The molecule has 0 heterocycles. The quantitative estimate of drug-likeness (QED) is 0.862. The Morgan fingerprint density at radius 1 is 1.09 bits per heavy atom. The Bertz CT molecular complexity index is 641. The van der Waals surface area contributed by atoms with Crippen LogP contribution in [0.15, 0.2) is 54.6 Å². The van der Waals surface area contributed by atoms with Crippen LogP contribution in [0.2, 0.25) is 0 Å². The Kier molecular flexibility index (Phi) is 5.25. The van der Waals surface area contributed by atoms with Crippen molar-refractivity contribution in [1.82, 2.24) is 5.32 Å². The Balaban J connectivity index is 2.11. The van der Waals surface area contributed by atoms with Gasteiger partial charge in [0.2, 0.25) is 0 Å². The molecule has 2 aromatic carbocycles. The fraction of sp³-hybridized carbons (Fsp3) is 0.176. The minimum atomic E-state index is -0.801. The summed E-state index contributed by atoms with van der Waals surface area (Å²) in [6, 6.07) is 13.6. The molecule has 1 amide bonds. The van der Waals surface area contributed by atoms with Crippen molar-refractivity contribution in [3.8, 4) is 0 Å². The number of esters is 1. The molecular weight excluding hydrogens is 285 g/mol. The van der Waals surface area contributed by atoms with Crippen LogP contribution in [0.25, 0.3) is 0 Å². The summed E-state index contributed by atoms with van der Waals surface area (Å²) >= 11 is 0. The van der Waals surface area contributed by atoms with Crippen LogP contribution in [0.3, 0.4) is 0 Å². The molecule has 0 aliphatic rings. The van der Waals surface area contributed by atoms with Crippen LogP contribution in [0.4, 0.5) is 4.39 Å². The van der Waals surface area contributed by atoms with E-state index in [1.54, 1.807) is 0 Å². The molecule has 0 unspecified atom stereocenters. The van der Waals surface area contributed by atoms with E-state index in [4.69, 9.17) is 4.74 Å². The van der Waals surface area contributed by atoms with E-state index in [1.807, 2.05) is 30.3 Å². The standard InChI is InChI=1S/C17H16FNO3/c1-22-17(21)15(11-12-5-3-2-4-6-12)19-16(20)13-7-9-14(18)10-8-13/h2-10,15H,11H2,1H3,(H,19,20)/t15-/m1/s1. The number of methoxy groups -OCH3 is 1. The number of carbonyl (C=O) groups excluding carboxylic acids is 2. The van der Waals surface area contributed by atoms with E-state index in [1.165, 1.54) is 31.4 Å². The molecule has 0 aliphatic carbocycles. The number of benzene rings is 2. The number of rotatable bonds is 5. The van der Waals surface area contributed by atoms with Crippen molar-refractivity contribution in [1.29, 1.82) is 0 Å². The van der Waals surface area contributed by atoms with Crippen molar-refractivity contribution in [2.24, 2.45) is 0 Å². The molecule has 1 atom stereocenters. The molecule has 0 aliphatic heterocycles. The van der Waals surface area contributed by atoms with Crippen LogP contribution in [-0.4, -0.2) is 25.0 Å². The molecule has 0 aromatic heterocycles. The Labute approximate surface area is 127 Å². The number of nitrogens with one attached hydrogen (secondary N) is 1. The molecule has 0 fully saturated rings. The molecule has 2 rings (SSSR count). The fourth-order valence-corrected chi connectivity index (χ4v) is 2.03. The first-order valence-corrected chi connectivity index (χ1v) is 6.78. The highest BCUT2D eigenvalue weighted by molar-refractivity contribution is 5.96. The maximum atomic E-state index is 12.9. The normalized spacial score (nSPS) is 11.5. The molecular formula is C17H16FNO3. The number of hydrogen-bond donors (Lipinski definition) is 1. The highest BCUT2D eigenvalue weighted by atomic mass is 19.1. The zero-order chi connectivity index (χ0) is 15.9. The number of carbonyl (C=O) groups is 2.